The van der Waals surface area contributed by atoms with E-state index in [1.54, 1.807) is 17.8 Å². The van der Waals surface area contributed by atoms with Crippen molar-refractivity contribution in [1.82, 2.24) is 14.5 Å². The molecule has 2 heterocycles. The standard InChI is InChI=1S/C23H22N4O2S/c1-2-10-26-11-12-30-22(15-26)27-20-14-18(8-9-19(20)25-23(27)24-16-28)21(29)13-17-6-4-3-5-7-17/h3-9,11-12,14-16H,2,10,13H2,1H3,(H,24,25,28). The summed E-state index contributed by atoms with van der Waals surface area (Å²) in [6, 6.07) is 15.2. The summed E-state index contributed by atoms with van der Waals surface area (Å²) in [5.41, 5.74) is 3.09. The number of carbonyl (C=O) groups is 2. The molecule has 6 nitrogen and oxygen atoms in total. The Morgan fingerprint density at radius 3 is 2.80 bits per heavy atom. The quantitative estimate of drug-likeness (QED) is 0.424. The van der Waals surface area contributed by atoms with E-state index in [-0.39, 0.29) is 5.78 Å². The molecule has 0 unspecified atom stereocenters. The van der Waals surface area contributed by atoms with Crippen LogP contribution in [0, 0.1) is 0 Å². The fourth-order valence-corrected chi connectivity index (χ4v) is 4.25. The summed E-state index contributed by atoms with van der Waals surface area (Å²) in [6.45, 7) is 3.02. The molecule has 0 bridgehead atoms. The number of nitrogens with zero attached hydrogens (tertiary/aromatic N) is 3. The number of carbonyl (C=O) groups excluding carboxylic acids is 2. The maximum atomic E-state index is 12.9. The van der Waals surface area contributed by atoms with E-state index in [9.17, 15) is 9.59 Å². The first kappa shape index (κ1) is 20.0. The summed E-state index contributed by atoms with van der Waals surface area (Å²) in [7, 11) is 0. The third-order valence-corrected chi connectivity index (χ3v) is 5.58. The Bertz CT molecular complexity index is 1130. The number of hydrogen-bond donors (Lipinski definition) is 1. The van der Waals surface area contributed by atoms with Gasteiger partial charge in [0.1, 0.15) is 5.03 Å². The Morgan fingerprint density at radius 2 is 2.03 bits per heavy atom. The number of Topliss-reactive ketones (excluding diaryl/α,β-unsaturated/α-hetero) is 1. The third-order valence-electron chi connectivity index (χ3n) is 4.79. The van der Waals surface area contributed by atoms with Crippen molar-refractivity contribution in [3.8, 4) is 0 Å². The van der Waals surface area contributed by atoms with E-state index < -0.39 is 0 Å². The van der Waals surface area contributed by atoms with E-state index in [2.05, 4.69) is 22.1 Å². The second-order valence-electron chi connectivity index (χ2n) is 6.93. The van der Waals surface area contributed by atoms with Crippen LogP contribution >= 0.6 is 11.8 Å². The maximum Gasteiger partial charge on any atom is 0.215 e. The van der Waals surface area contributed by atoms with Gasteiger partial charge in [0.15, 0.2) is 5.78 Å². The fraction of sp³-hybridized carbons (Fsp3) is 0.174. The van der Waals surface area contributed by atoms with Gasteiger partial charge in [-0.05, 0) is 35.6 Å². The monoisotopic (exact) mass is 418 g/mol. The average molecular weight is 419 g/mol. The molecule has 0 saturated heterocycles. The van der Waals surface area contributed by atoms with Gasteiger partial charge in [0.05, 0.1) is 11.0 Å². The Labute approximate surface area is 179 Å². The SMILES string of the molecule is CCCN1C=CSC(n2c(NC=O)nc3ccc(C(=O)Cc4ccccc4)cc32)=C1. The van der Waals surface area contributed by atoms with Crippen molar-refractivity contribution in [3.63, 3.8) is 0 Å². The lowest BCUT2D eigenvalue weighted by atomic mass is 10.0. The van der Waals surface area contributed by atoms with Crippen LogP contribution in [-0.2, 0) is 11.2 Å². The minimum absolute atomic E-state index is 0.0403. The smallest absolute Gasteiger partial charge is 0.215 e. The predicted octanol–water partition coefficient (Wildman–Crippen LogP) is 4.72. The highest BCUT2D eigenvalue weighted by Crippen LogP contribution is 2.34. The number of amides is 1. The Hall–Kier alpha value is -3.32. The number of nitrogens with one attached hydrogen (secondary N) is 1. The maximum absolute atomic E-state index is 12.9. The Kier molecular flexibility index (Phi) is 5.99. The molecule has 0 spiro atoms. The third kappa shape index (κ3) is 4.16. The minimum atomic E-state index is 0.0403. The minimum Gasteiger partial charge on any atom is -0.351 e. The van der Waals surface area contributed by atoms with E-state index in [4.69, 9.17) is 0 Å². The molecule has 2 aromatic carbocycles. The van der Waals surface area contributed by atoms with Crippen LogP contribution in [0.2, 0.25) is 0 Å². The van der Waals surface area contributed by atoms with Gasteiger partial charge < -0.3 is 4.90 Å². The van der Waals surface area contributed by atoms with Crippen LogP contribution in [0.5, 0.6) is 0 Å². The van der Waals surface area contributed by atoms with Crippen molar-refractivity contribution >= 4 is 46.0 Å². The highest BCUT2D eigenvalue weighted by molar-refractivity contribution is 8.10. The molecular formula is C23H22N4O2S. The van der Waals surface area contributed by atoms with Crippen molar-refractivity contribution in [2.24, 2.45) is 0 Å². The molecule has 1 aliphatic heterocycles. The van der Waals surface area contributed by atoms with Crippen molar-refractivity contribution in [3.05, 3.63) is 77.5 Å². The molecule has 4 rings (SSSR count). The molecule has 1 N–H and O–H groups in total. The second-order valence-corrected chi connectivity index (χ2v) is 7.86. The first-order chi connectivity index (χ1) is 14.7. The van der Waals surface area contributed by atoms with Crippen LogP contribution in [0.4, 0.5) is 5.95 Å². The van der Waals surface area contributed by atoms with E-state index in [0.717, 1.165) is 29.1 Å². The van der Waals surface area contributed by atoms with E-state index in [1.807, 2.05) is 64.8 Å². The topological polar surface area (TPSA) is 67.2 Å². The summed E-state index contributed by atoms with van der Waals surface area (Å²) in [4.78, 5) is 30.7. The van der Waals surface area contributed by atoms with Crippen LogP contribution < -0.4 is 5.32 Å². The highest BCUT2D eigenvalue weighted by Gasteiger charge is 2.18. The van der Waals surface area contributed by atoms with Crippen LogP contribution in [0.15, 0.2) is 66.3 Å². The number of benzene rings is 2. The molecular weight excluding hydrogens is 396 g/mol. The number of rotatable bonds is 8. The molecule has 0 radical (unpaired) electrons. The first-order valence-electron chi connectivity index (χ1n) is 9.80. The fourth-order valence-electron chi connectivity index (χ4n) is 3.41. The van der Waals surface area contributed by atoms with E-state index in [1.165, 1.54) is 0 Å². The number of anilines is 1. The molecule has 3 aromatic rings. The van der Waals surface area contributed by atoms with Gasteiger partial charge >= 0.3 is 0 Å². The summed E-state index contributed by atoms with van der Waals surface area (Å²) < 4.78 is 1.89. The lowest BCUT2D eigenvalue weighted by Gasteiger charge is -2.21. The summed E-state index contributed by atoms with van der Waals surface area (Å²) >= 11 is 1.54. The molecule has 0 atom stereocenters. The van der Waals surface area contributed by atoms with E-state index in [0.29, 0.717) is 29.9 Å². The van der Waals surface area contributed by atoms with Crippen LogP contribution in [-0.4, -0.2) is 33.2 Å². The van der Waals surface area contributed by atoms with Gasteiger partial charge in [-0.25, -0.2) is 4.98 Å². The number of fused-ring (bicyclic) bond motifs is 1. The zero-order chi connectivity index (χ0) is 20.9. The zero-order valence-electron chi connectivity index (χ0n) is 16.6. The lowest BCUT2D eigenvalue weighted by molar-refractivity contribution is -0.105. The predicted molar refractivity (Wildman–Crippen MR) is 122 cm³/mol. The van der Waals surface area contributed by atoms with Gasteiger partial charge in [0, 0.05) is 30.9 Å². The summed E-state index contributed by atoms with van der Waals surface area (Å²) in [6.07, 6.45) is 6.03. The number of imidazole rings is 1. The molecule has 7 heteroatoms. The Balaban J connectivity index is 1.74. The van der Waals surface area contributed by atoms with Gasteiger partial charge in [-0.15, -0.1) is 0 Å². The van der Waals surface area contributed by atoms with Gasteiger partial charge in [-0.2, -0.15) is 0 Å². The lowest BCUT2D eigenvalue weighted by Crippen LogP contribution is -2.15. The van der Waals surface area contributed by atoms with Gasteiger partial charge in [0.2, 0.25) is 12.4 Å². The van der Waals surface area contributed by atoms with Crippen LogP contribution in [0.1, 0.15) is 29.3 Å². The molecule has 1 aromatic heterocycles. The van der Waals surface area contributed by atoms with Crippen molar-refractivity contribution in [2.45, 2.75) is 19.8 Å². The number of aromatic nitrogens is 2. The van der Waals surface area contributed by atoms with Crippen LogP contribution in [0.25, 0.3) is 16.1 Å². The molecule has 0 saturated carbocycles. The van der Waals surface area contributed by atoms with E-state index >= 15 is 0 Å². The molecule has 30 heavy (non-hydrogen) atoms. The number of ketones is 1. The second kappa shape index (κ2) is 9.00. The number of thioether (sulfide) groups is 1. The normalized spacial score (nSPS) is 13.4. The molecule has 0 fully saturated rings. The Morgan fingerprint density at radius 1 is 1.20 bits per heavy atom. The highest BCUT2D eigenvalue weighted by atomic mass is 32.2. The van der Waals surface area contributed by atoms with Gasteiger partial charge in [-0.1, -0.05) is 49.0 Å². The van der Waals surface area contributed by atoms with Gasteiger partial charge in [-0.3, -0.25) is 19.5 Å². The van der Waals surface area contributed by atoms with Crippen molar-refractivity contribution in [1.29, 1.82) is 0 Å². The summed E-state index contributed by atoms with van der Waals surface area (Å²) in [5, 5.41) is 5.60. The van der Waals surface area contributed by atoms with Crippen LogP contribution in [0.3, 0.4) is 0 Å². The molecule has 0 aliphatic carbocycles. The zero-order valence-corrected chi connectivity index (χ0v) is 17.4. The summed E-state index contributed by atoms with van der Waals surface area (Å²) in [5.74, 6) is 0.469. The van der Waals surface area contributed by atoms with Crippen molar-refractivity contribution < 1.29 is 9.59 Å². The molecule has 1 amide bonds. The average Bonchev–Trinajstić information content (AvgIpc) is 3.12. The molecule has 152 valence electrons. The molecule has 1 aliphatic rings. The van der Waals surface area contributed by atoms with Gasteiger partial charge in [0.25, 0.3) is 0 Å². The number of hydrogen-bond acceptors (Lipinski definition) is 5. The van der Waals surface area contributed by atoms with Crippen molar-refractivity contribution in [2.75, 3.05) is 11.9 Å². The largest absolute Gasteiger partial charge is 0.351 e. The first-order valence-corrected chi connectivity index (χ1v) is 10.7.